The fourth-order valence-corrected chi connectivity index (χ4v) is 2.71. The summed E-state index contributed by atoms with van der Waals surface area (Å²) in [4.78, 5) is 17.0. The maximum absolute atomic E-state index is 13.4. The van der Waals surface area contributed by atoms with Gasteiger partial charge in [0.2, 0.25) is 0 Å². The molecule has 0 aliphatic rings. The van der Waals surface area contributed by atoms with Crippen LogP contribution in [0.5, 0.6) is 0 Å². The Morgan fingerprint density at radius 3 is 2.79 bits per heavy atom. The van der Waals surface area contributed by atoms with E-state index in [0.717, 1.165) is 4.52 Å². The summed E-state index contributed by atoms with van der Waals surface area (Å²) < 4.78 is 15.9. The third kappa shape index (κ3) is 2.05. The molecule has 0 aliphatic heterocycles. The molecule has 4 aromatic rings. The quantitative estimate of drug-likeness (QED) is 0.568. The summed E-state index contributed by atoms with van der Waals surface area (Å²) in [6.07, 6.45) is 0. The second-order valence-corrected chi connectivity index (χ2v) is 5.23. The van der Waals surface area contributed by atoms with Crippen LogP contribution in [0.4, 0.5) is 4.39 Å². The van der Waals surface area contributed by atoms with Crippen LogP contribution in [0, 0.1) is 17.1 Å². The van der Waals surface area contributed by atoms with Crippen LogP contribution in [-0.2, 0) is 6.54 Å². The second kappa shape index (κ2) is 5.28. The van der Waals surface area contributed by atoms with Crippen molar-refractivity contribution in [3.63, 3.8) is 0 Å². The van der Waals surface area contributed by atoms with Crippen LogP contribution in [0.1, 0.15) is 0 Å². The number of fused-ring (bicyclic) bond motifs is 3. The minimum Gasteiger partial charge on any atom is -0.278 e. The zero-order valence-electron chi connectivity index (χ0n) is 12.3. The maximum Gasteiger partial charge on any atom is 0.352 e. The highest BCUT2D eigenvalue weighted by atomic mass is 19.1. The molecule has 0 amide bonds. The van der Waals surface area contributed by atoms with Crippen molar-refractivity contribution >= 4 is 16.6 Å². The van der Waals surface area contributed by atoms with Crippen LogP contribution in [0.3, 0.4) is 0 Å². The molecule has 0 atom stereocenters. The summed E-state index contributed by atoms with van der Waals surface area (Å²) in [6, 6.07) is 15.0. The van der Waals surface area contributed by atoms with Gasteiger partial charge in [0.05, 0.1) is 11.6 Å². The van der Waals surface area contributed by atoms with Crippen molar-refractivity contribution in [2.24, 2.45) is 0 Å². The van der Waals surface area contributed by atoms with Gasteiger partial charge < -0.3 is 0 Å². The number of aromatic nitrogens is 4. The molecule has 0 aliphatic carbocycles. The first-order valence-corrected chi connectivity index (χ1v) is 7.20. The Bertz CT molecular complexity index is 1190. The van der Waals surface area contributed by atoms with Gasteiger partial charge in [-0.25, -0.2) is 14.2 Å². The molecule has 0 N–H and O–H groups in total. The van der Waals surface area contributed by atoms with Crippen LogP contribution >= 0.6 is 0 Å². The standard InChI is InChI=1S/C17H10FN5O/c18-12-5-3-4-11(10-12)15-20-16-13-6-1-2-7-14(13)22(9-8-19)17(24)23(16)21-15/h1-7,10H,9H2. The number of benzene rings is 2. The first kappa shape index (κ1) is 14.1. The van der Waals surface area contributed by atoms with Gasteiger partial charge in [0.25, 0.3) is 0 Å². The molecule has 0 fully saturated rings. The number of nitrogens with zero attached hydrogens (tertiary/aromatic N) is 5. The van der Waals surface area contributed by atoms with Crippen LogP contribution in [0.2, 0.25) is 0 Å². The van der Waals surface area contributed by atoms with Gasteiger partial charge in [-0.1, -0.05) is 24.3 Å². The number of nitriles is 1. The van der Waals surface area contributed by atoms with E-state index in [1.54, 1.807) is 24.3 Å². The molecular weight excluding hydrogens is 309 g/mol. The topological polar surface area (TPSA) is 76.0 Å². The van der Waals surface area contributed by atoms with E-state index in [9.17, 15) is 9.18 Å². The van der Waals surface area contributed by atoms with Gasteiger partial charge >= 0.3 is 5.69 Å². The summed E-state index contributed by atoms with van der Waals surface area (Å²) in [5, 5.41) is 13.9. The molecule has 2 heterocycles. The molecular formula is C17H10FN5O. The number of hydrogen-bond donors (Lipinski definition) is 0. The van der Waals surface area contributed by atoms with E-state index in [0.29, 0.717) is 22.1 Å². The number of para-hydroxylation sites is 1. The van der Waals surface area contributed by atoms with Crippen molar-refractivity contribution in [2.45, 2.75) is 6.54 Å². The number of halogens is 1. The molecule has 2 aromatic heterocycles. The minimum absolute atomic E-state index is 0.0928. The lowest BCUT2D eigenvalue weighted by atomic mass is 10.2. The fourth-order valence-electron chi connectivity index (χ4n) is 2.71. The Hall–Kier alpha value is -3.53. The highest BCUT2D eigenvalue weighted by Crippen LogP contribution is 2.21. The summed E-state index contributed by atoms with van der Waals surface area (Å²) in [6.45, 7) is -0.0928. The minimum atomic E-state index is -0.458. The highest BCUT2D eigenvalue weighted by Gasteiger charge is 2.15. The van der Waals surface area contributed by atoms with Crippen LogP contribution in [-0.4, -0.2) is 19.2 Å². The van der Waals surface area contributed by atoms with Gasteiger partial charge in [-0.05, 0) is 24.3 Å². The Balaban J connectivity index is 2.10. The molecule has 6 nitrogen and oxygen atoms in total. The predicted molar refractivity (Wildman–Crippen MR) is 85.8 cm³/mol. The molecule has 7 heteroatoms. The summed E-state index contributed by atoms with van der Waals surface area (Å²) in [5.74, 6) is -0.149. The van der Waals surface area contributed by atoms with E-state index in [2.05, 4.69) is 10.1 Å². The predicted octanol–water partition coefficient (Wildman–Crippen LogP) is 2.37. The van der Waals surface area contributed by atoms with Gasteiger partial charge in [0, 0.05) is 10.9 Å². The lowest BCUT2D eigenvalue weighted by Gasteiger charge is -2.06. The zero-order valence-corrected chi connectivity index (χ0v) is 12.3. The average Bonchev–Trinajstić information content (AvgIpc) is 3.04. The van der Waals surface area contributed by atoms with E-state index in [1.807, 2.05) is 18.2 Å². The lowest BCUT2D eigenvalue weighted by Crippen LogP contribution is -2.27. The van der Waals surface area contributed by atoms with E-state index < -0.39 is 11.5 Å². The number of rotatable bonds is 2. The summed E-state index contributed by atoms with van der Waals surface area (Å²) >= 11 is 0. The SMILES string of the molecule is N#CCn1c(=O)n2nc(-c3cccc(F)c3)nc2c2ccccc21. The van der Waals surface area contributed by atoms with Crippen molar-refractivity contribution in [1.82, 2.24) is 19.2 Å². The second-order valence-electron chi connectivity index (χ2n) is 5.23. The third-order valence-electron chi connectivity index (χ3n) is 3.77. The fraction of sp³-hybridized carbons (Fsp3) is 0.0588. The molecule has 24 heavy (non-hydrogen) atoms. The molecule has 2 aromatic carbocycles. The largest absolute Gasteiger partial charge is 0.352 e. The lowest BCUT2D eigenvalue weighted by molar-refractivity contribution is 0.628. The molecule has 4 rings (SSSR count). The summed E-state index contributed by atoms with van der Waals surface area (Å²) in [5.41, 5.74) is 1.01. The molecule has 0 spiro atoms. The third-order valence-corrected chi connectivity index (χ3v) is 3.77. The maximum atomic E-state index is 13.4. The Morgan fingerprint density at radius 1 is 1.17 bits per heavy atom. The van der Waals surface area contributed by atoms with Gasteiger partial charge in [0.1, 0.15) is 12.4 Å². The number of hydrogen-bond acceptors (Lipinski definition) is 4. The molecule has 0 unspecified atom stereocenters. The molecule has 0 saturated heterocycles. The molecule has 0 radical (unpaired) electrons. The van der Waals surface area contributed by atoms with Gasteiger partial charge in [-0.15, -0.1) is 5.10 Å². The van der Waals surface area contributed by atoms with Gasteiger partial charge in [-0.3, -0.25) is 4.57 Å². The van der Waals surface area contributed by atoms with Crippen molar-refractivity contribution in [3.05, 3.63) is 64.8 Å². The monoisotopic (exact) mass is 319 g/mol. The normalized spacial score (nSPS) is 11.0. The Kier molecular flexibility index (Phi) is 3.10. The van der Waals surface area contributed by atoms with Crippen LogP contribution < -0.4 is 5.69 Å². The smallest absolute Gasteiger partial charge is 0.278 e. The van der Waals surface area contributed by atoms with E-state index in [4.69, 9.17) is 5.26 Å². The first-order valence-electron chi connectivity index (χ1n) is 7.20. The van der Waals surface area contributed by atoms with Gasteiger partial charge in [-0.2, -0.15) is 9.78 Å². The van der Waals surface area contributed by atoms with Crippen LogP contribution in [0.15, 0.2) is 53.3 Å². The van der Waals surface area contributed by atoms with Crippen LogP contribution in [0.25, 0.3) is 27.9 Å². The van der Waals surface area contributed by atoms with Crippen molar-refractivity contribution in [1.29, 1.82) is 5.26 Å². The van der Waals surface area contributed by atoms with Crippen molar-refractivity contribution in [3.8, 4) is 17.5 Å². The highest BCUT2D eigenvalue weighted by molar-refractivity contribution is 5.91. The molecule has 0 bridgehead atoms. The Labute approximate surface area is 135 Å². The van der Waals surface area contributed by atoms with Crippen molar-refractivity contribution in [2.75, 3.05) is 0 Å². The van der Waals surface area contributed by atoms with E-state index >= 15 is 0 Å². The first-order chi connectivity index (χ1) is 11.7. The molecule has 116 valence electrons. The van der Waals surface area contributed by atoms with Crippen molar-refractivity contribution < 1.29 is 4.39 Å². The Morgan fingerprint density at radius 2 is 2.00 bits per heavy atom. The zero-order chi connectivity index (χ0) is 16.7. The molecule has 0 saturated carbocycles. The average molecular weight is 319 g/mol. The van der Waals surface area contributed by atoms with Gasteiger partial charge in [0.15, 0.2) is 11.5 Å². The van der Waals surface area contributed by atoms with E-state index in [1.165, 1.54) is 16.7 Å². The van der Waals surface area contributed by atoms with E-state index in [-0.39, 0.29) is 12.4 Å². The summed E-state index contributed by atoms with van der Waals surface area (Å²) in [7, 11) is 0.